The second kappa shape index (κ2) is 14.6. The highest BCUT2D eigenvalue weighted by molar-refractivity contribution is 5.86. The van der Waals surface area contributed by atoms with E-state index >= 15 is 0 Å². The van der Waals surface area contributed by atoms with Crippen molar-refractivity contribution in [1.82, 2.24) is 15.2 Å². The molecule has 3 N–H and O–H groups in total. The highest BCUT2D eigenvalue weighted by Crippen LogP contribution is 2.50. The van der Waals surface area contributed by atoms with Gasteiger partial charge in [0.05, 0.1) is 33.1 Å². The van der Waals surface area contributed by atoms with Crippen LogP contribution >= 0.6 is 0 Å². The molecule has 1 aromatic heterocycles. The third-order valence-electron chi connectivity index (χ3n) is 8.60. The number of para-hydroxylation sites is 1. The molecule has 0 spiro atoms. The minimum absolute atomic E-state index is 0.178. The van der Waals surface area contributed by atoms with Gasteiger partial charge in [-0.15, -0.1) is 0 Å². The molecule has 0 fully saturated rings. The lowest BCUT2D eigenvalue weighted by Crippen LogP contribution is -2.42. The van der Waals surface area contributed by atoms with Gasteiger partial charge in [-0.05, 0) is 77.6 Å². The molecule has 0 aliphatic heterocycles. The molecule has 0 radical (unpaired) electrons. The third-order valence-corrected chi connectivity index (χ3v) is 8.60. The van der Waals surface area contributed by atoms with Gasteiger partial charge in [-0.2, -0.15) is 0 Å². The van der Waals surface area contributed by atoms with Crippen molar-refractivity contribution in [3.05, 3.63) is 82.1 Å². The van der Waals surface area contributed by atoms with Gasteiger partial charge in [0.25, 0.3) is 0 Å². The lowest BCUT2D eigenvalue weighted by atomic mass is 9.95. The number of hydrogen-bond acceptors (Lipinski definition) is 7. The first-order chi connectivity index (χ1) is 22.6. The molecule has 10 nitrogen and oxygen atoms in total. The number of amides is 2. The third kappa shape index (κ3) is 7.21. The van der Waals surface area contributed by atoms with Gasteiger partial charge in [-0.3, -0.25) is 14.4 Å². The lowest BCUT2D eigenvalue weighted by Gasteiger charge is -2.21. The number of benzene rings is 2. The van der Waals surface area contributed by atoms with Gasteiger partial charge in [-0.1, -0.05) is 38.1 Å². The Morgan fingerprint density at radius 3 is 2.45 bits per heavy atom. The predicted molar refractivity (Wildman–Crippen MR) is 184 cm³/mol. The van der Waals surface area contributed by atoms with Crippen LogP contribution in [0.2, 0.25) is 0 Å². The minimum Gasteiger partial charge on any atom is -0.493 e. The number of nitrogens with zero attached hydrogens (tertiary/aromatic N) is 1. The largest absolute Gasteiger partial charge is 0.493 e. The molecule has 2 atom stereocenters. The number of carbonyl (C=O) groups is 2. The van der Waals surface area contributed by atoms with Gasteiger partial charge < -0.3 is 34.7 Å². The molecule has 10 heteroatoms. The van der Waals surface area contributed by atoms with Gasteiger partial charge in [-0.25, -0.2) is 0 Å². The summed E-state index contributed by atoms with van der Waals surface area (Å²) in [5.74, 6) is 1.26. The van der Waals surface area contributed by atoms with Crippen LogP contribution in [-0.2, 0) is 22.6 Å². The normalized spacial score (nSPS) is 14.4. The molecule has 248 valence electrons. The Bertz CT molecular complexity index is 1830. The molecule has 4 aromatic rings. The molecule has 0 unspecified atom stereocenters. The van der Waals surface area contributed by atoms with E-state index in [9.17, 15) is 14.4 Å². The van der Waals surface area contributed by atoms with Gasteiger partial charge in [0, 0.05) is 37.3 Å². The van der Waals surface area contributed by atoms with Crippen LogP contribution in [0.1, 0.15) is 50.8 Å². The monoisotopic (exact) mass is 640 g/mol. The fourth-order valence-electron chi connectivity index (χ4n) is 6.48. The van der Waals surface area contributed by atoms with Crippen LogP contribution < -0.4 is 35.6 Å². The fourth-order valence-corrected chi connectivity index (χ4v) is 6.48. The van der Waals surface area contributed by atoms with E-state index in [0.29, 0.717) is 55.2 Å². The Balaban J connectivity index is 1.49. The Kier molecular flexibility index (Phi) is 10.4. The number of carbonyl (C=O) groups excluding carboxylic acids is 2. The number of aromatic nitrogens is 1. The number of nitrogens with one attached hydrogen (secondary N) is 3. The van der Waals surface area contributed by atoms with Gasteiger partial charge in [0.15, 0.2) is 11.5 Å². The van der Waals surface area contributed by atoms with Crippen molar-refractivity contribution in [2.24, 2.45) is 5.92 Å². The molecule has 1 aliphatic rings. The highest BCUT2D eigenvalue weighted by Gasteiger charge is 2.30. The van der Waals surface area contributed by atoms with Crippen LogP contribution in [0.3, 0.4) is 0 Å². The number of aryl methyl sites for hydroxylation is 1. The predicted octanol–water partition coefficient (Wildman–Crippen LogP) is 5.46. The topological polar surface area (TPSA) is 120 Å². The van der Waals surface area contributed by atoms with E-state index in [1.165, 1.54) is 6.92 Å². The number of ether oxygens (including phenoxy) is 3. The second-order valence-electron chi connectivity index (χ2n) is 12.3. The number of fused-ring (bicyclic) bond motifs is 4. The maximum Gasteiger partial charge on any atom is 0.242 e. The Hall–Kier alpha value is -4.99. The van der Waals surface area contributed by atoms with E-state index in [0.717, 1.165) is 27.6 Å². The van der Waals surface area contributed by atoms with Crippen molar-refractivity contribution in [1.29, 1.82) is 0 Å². The van der Waals surface area contributed by atoms with Gasteiger partial charge in [0.1, 0.15) is 6.04 Å². The molecule has 2 amide bonds. The van der Waals surface area contributed by atoms with Crippen molar-refractivity contribution in [2.75, 3.05) is 33.2 Å². The summed E-state index contributed by atoms with van der Waals surface area (Å²) in [4.78, 5) is 39.7. The van der Waals surface area contributed by atoms with Crippen LogP contribution in [0.4, 0.5) is 5.69 Å². The van der Waals surface area contributed by atoms with Gasteiger partial charge in [0.2, 0.25) is 23.0 Å². The first-order valence-electron chi connectivity index (χ1n) is 16.0. The summed E-state index contributed by atoms with van der Waals surface area (Å²) in [7, 11) is 4.69. The summed E-state index contributed by atoms with van der Waals surface area (Å²) in [6, 6.07) is 16.2. The van der Waals surface area contributed by atoms with Crippen LogP contribution in [0.15, 0.2) is 65.6 Å². The van der Waals surface area contributed by atoms with Crippen LogP contribution in [0, 0.1) is 5.92 Å². The number of anilines is 1. The van der Waals surface area contributed by atoms with Crippen molar-refractivity contribution >= 4 is 28.4 Å². The number of methoxy groups -OCH3 is 3. The Morgan fingerprint density at radius 2 is 1.74 bits per heavy atom. The quantitative estimate of drug-likeness (QED) is 0.188. The maximum atomic E-state index is 13.9. The minimum atomic E-state index is -0.636. The average molecular weight is 641 g/mol. The zero-order valence-corrected chi connectivity index (χ0v) is 27.9. The first kappa shape index (κ1) is 33.4. The van der Waals surface area contributed by atoms with E-state index in [4.69, 9.17) is 14.2 Å². The van der Waals surface area contributed by atoms with E-state index < -0.39 is 12.1 Å². The summed E-state index contributed by atoms with van der Waals surface area (Å²) >= 11 is 0. The molecule has 3 aromatic carbocycles. The highest BCUT2D eigenvalue weighted by atomic mass is 16.5. The summed E-state index contributed by atoms with van der Waals surface area (Å²) < 4.78 is 19.3. The van der Waals surface area contributed by atoms with Crippen molar-refractivity contribution < 1.29 is 23.8 Å². The number of rotatable bonds is 12. The van der Waals surface area contributed by atoms with Crippen molar-refractivity contribution in [3.63, 3.8) is 0 Å². The Morgan fingerprint density at radius 1 is 0.979 bits per heavy atom. The lowest BCUT2D eigenvalue weighted by molar-refractivity contribution is -0.122. The standard InChI is InChI=1S/C37H44N4O6/c1-22(2)19-30(37(44)38-16-18-41-17-15-24-9-7-8-10-31(24)41)40-29-14-12-26-27(21-32(29)43)28(39-23(3)42)13-11-25-20-33(45-4)35(46-5)36(47-6)34(25)26/h7-10,12,14-15,17,20-22,28,30H,11,13,16,18-19H2,1-6H3,(H,38,44)(H,39,42)(H,40,43)/t28-,30+/m1/s1. The SMILES string of the molecule is COc1cc2c(c(OC)c1OC)-c1ccc(N[C@@H](CC(C)C)C(=O)NCCn3ccc4ccccc43)c(=O)cc1[C@H](NC(C)=O)CC2. The summed E-state index contributed by atoms with van der Waals surface area (Å²) in [6.07, 6.45) is 3.70. The van der Waals surface area contributed by atoms with Crippen molar-refractivity contribution in [2.45, 2.75) is 58.7 Å². The molecule has 1 aliphatic carbocycles. The van der Waals surface area contributed by atoms with E-state index in [1.54, 1.807) is 33.5 Å². The molecule has 5 rings (SSSR count). The van der Waals surface area contributed by atoms with Crippen molar-refractivity contribution in [3.8, 4) is 28.4 Å². The summed E-state index contributed by atoms with van der Waals surface area (Å²) in [5.41, 5.74) is 4.20. The van der Waals surface area contributed by atoms with E-state index in [2.05, 4.69) is 38.7 Å². The van der Waals surface area contributed by atoms with Gasteiger partial charge >= 0.3 is 0 Å². The molecule has 47 heavy (non-hydrogen) atoms. The zero-order valence-electron chi connectivity index (χ0n) is 27.9. The zero-order chi connectivity index (χ0) is 33.7. The average Bonchev–Trinajstić information content (AvgIpc) is 3.32. The fraction of sp³-hybridized carbons (Fsp3) is 0.378. The van der Waals surface area contributed by atoms with Crippen LogP contribution in [0.5, 0.6) is 17.2 Å². The molecular formula is C37H44N4O6. The molecule has 0 saturated heterocycles. The van der Waals surface area contributed by atoms with Crippen LogP contribution in [-0.4, -0.2) is 50.3 Å². The molecule has 0 bridgehead atoms. The maximum absolute atomic E-state index is 13.9. The first-order valence-corrected chi connectivity index (χ1v) is 16.0. The summed E-state index contributed by atoms with van der Waals surface area (Å²) in [6.45, 7) is 6.61. The summed E-state index contributed by atoms with van der Waals surface area (Å²) in [5, 5.41) is 10.5. The van der Waals surface area contributed by atoms with E-state index in [-0.39, 0.29) is 28.8 Å². The second-order valence-corrected chi connectivity index (χ2v) is 12.3. The molecule has 1 heterocycles. The number of hydrogen-bond donors (Lipinski definition) is 3. The Labute approximate surface area is 275 Å². The smallest absolute Gasteiger partial charge is 0.242 e. The molecule has 0 saturated carbocycles. The van der Waals surface area contributed by atoms with E-state index in [1.807, 2.05) is 44.3 Å². The van der Waals surface area contributed by atoms with Crippen LogP contribution in [0.25, 0.3) is 22.0 Å². The molecular weight excluding hydrogens is 596 g/mol.